The standard InChI is InChI=1S/C20H23NO4/c1-4-20(2,3)14-9-11-15(12-10-14)25-13-18(22)21-17-8-6-5-7-16(17)19(23)24/h5-12H,4,13H2,1-3H3,(H,21,22)(H,23,24). The van der Waals surface area contributed by atoms with E-state index < -0.39 is 11.9 Å². The van der Waals surface area contributed by atoms with Crippen LogP contribution in [0.15, 0.2) is 48.5 Å². The molecule has 2 aromatic rings. The van der Waals surface area contributed by atoms with Crippen molar-refractivity contribution in [2.24, 2.45) is 0 Å². The summed E-state index contributed by atoms with van der Waals surface area (Å²) in [4.78, 5) is 23.1. The number of ether oxygens (including phenoxy) is 1. The van der Waals surface area contributed by atoms with E-state index in [9.17, 15) is 9.59 Å². The molecule has 25 heavy (non-hydrogen) atoms. The van der Waals surface area contributed by atoms with E-state index in [1.54, 1.807) is 18.2 Å². The lowest BCUT2D eigenvalue weighted by atomic mass is 9.82. The molecule has 0 unspecified atom stereocenters. The average Bonchev–Trinajstić information content (AvgIpc) is 2.60. The van der Waals surface area contributed by atoms with Crippen molar-refractivity contribution in [1.82, 2.24) is 0 Å². The third-order valence-corrected chi connectivity index (χ3v) is 4.32. The smallest absolute Gasteiger partial charge is 0.337 e. The van der Waals surface area contributed by atoms with Crippen molar-refractivity contribution in [2.75, 3.05) is 11.9 Å². The van der Waals surface area contributed by atoms with E-state index in [0.717, 1.165) is 6.42 Å². The number of benzene rings is 2. The van der Waals surface area contributed by atoms with Gasteiger partial charge in [0.05, 0.1) is 11.3 Å². The van der Waals surface area contributed by atoms with Crippen molar-refractivity contribution in [2.45, 2.75) is 32.6 Å². The molecule has 132 valence electrons. The average molecular weight is 341 g/mol. The van der Waals surface area contributed by atoms with Gasteiger partial charge in [-0.25, -0.2) is 4.79 Å². The van der Waals surface area contributed by atoms with Crippen molar-refractivity contribution in [3.63, 3.8) is 0 Å². The maximum absolute atomic E-state index is 12.0. The zero-order valence-electron chi connectivity index (χ0n) is 14.7. The molecule has 5 heteroatoms. The fourth-order valence-corrected chi connectivity index (χ4v) is 2.32. The molecule has 0 aliphatic carbocycles. The lowest BCUT2D eigenvalue weighted by Gasteiger charge is -2.23. The quantitative estimate of drug-likeness (QED) is 0.795. The van der Waals surface area contributed by atoms with E-state index in [4.69, 9.17) is 9.84 Å². The Hall–Kier alpha value is -2.82. The van der Waals surface area contributed by atoms with Gasteiger partial charge in [0, 0.05) is 0 Å². The van der Waals surface area contributed by atoms with Gasteiger partial charge in [0.2, 0.25) is 0 Å². The Kier molecular flexibility index (Phi) is 5.80. The molecule has 5 nitrogen and oxygen atoms in total. The number of carboxylic acids is 1. The summed E-state index contributed by atoms with van der Waals surface area (Å²) >= 11 is 0. The number of carboxylic acid groups (broad SMARTS) is 1. The highest BCUT2D eigenvalue weighted by atomic mass is 16.5. The van der Waals surface area contributed by atoms with Crippen molar-refractivity contribution in [3.05, 3.63) is 59.7 Å². The molecule has 1 amide bonds. The minimum atomic E-state index is -1.09. The van der Waals surface area contributed by atoms with Gasteiger partial charge in [0.15, 0.2) is 6.61 Å². The molecule has 0 heterocycles. The number of amides is 1. The van der Waals surface area contributed by atoms with E-state index in [1.165, 1.54) is 11.6 Å². The molecule has 2 aromatic carbocycles. The van der Waals surface area contributed by atoms with Crippen molar-refractivity contribution >= 4 is 17.6 Å². The van der Waals surface area contributed by atoms with Crippen LogP contribution in [0.2, 0.25) is 0 Å². The summed E-state index contributed by atoms with van der Waals surface area (Å²) in [6.07, 6.45) is 1.03. The first-order valence-corrected chi connectivity index (χ1v) is 8.19. The molecular weight excluding hydrogens is 318 g/mol. The van der Waals surface area contributed by atoms with Crippen LogP contribution < -0.4 is 10.1 Å². The van der Waals surface area contributed by atoms with E-state index in [0.29, 0.717) is 5.75 Å². The number of nitrogens with one attached hydrogen (secondary N) is 1. The molecule has 0 bridgehead atoms. The normalized spacial score (nSPS) is 11.0. The van der Waals surface area contributed by atoms with E-state index >= 15 is 0 Å². The predicted octanol–water partition coefficient (Wildman–Crippen LogP) is 4.09. The van der Waals surface area contributed by atoms with Crippen LogP contribution >= 0.6 is 0 Å². The van der Waals surface area contributed by atoms with E-state index in [-0.39, 0.29) is 23.3 Å². The van der Waals surface area contributed by atoms with Gasteiger partial charge in [-0.15, -0.1) is 0 Å². The van der Waals surface area contributed by atoms with Crippen molar-refractivity contribution < 1.29 is 19.4 Å². The maximum atomic E-state index is 12.0. The molecular formula is C20H23NO4. The molecule has 2 rings (SSSR count). The van der Waals surface area contributed by atoms with Crippen LogP contribution in [0.3, 0.4) is 0 Å². The van der Waals surface area contributed by atoms with Crippen LogP contribution in [-0.4, -0.2) is 23.6 Å². The summed E-state index contributed by atoms with van der Waals surface area (Å²) in [5, 5.41) is 11.7. The van der Waals surface area contributed by atoms with Crippen LogP contribution in [0.5, 0.6) is 5.75 Å². The summed E-state index contributed by atoms with van der Waals surface area (Å²) in [7, 11) is 0. The van der Waals surface area contributed by atoms with Crippen LogP contribution in [-0.2, 0) is 10.2 Å². The molecule has 0 saturated heterocycles. The Bertz CT molecular complexity index is 751. The Morgan fingerprint density at radius 3 is 2.32 bits per heavy atom. The van der Waals surface area contributed by atoms with Gasteiger partial charge in [0.1, 0.15) is 5.75 Å². The molecule has 0 radical (unpaired) electrons. The second-order valence-corrected chi connectivity index (χ2v) is 6.45. The summed E-state index contributed by atoms with van der Waals surface area (Å²) in [6, 6.07) is 13.9. The first-order valence-electron chi connectivity index (χ1n) is 8.19. The van der Waals surface area contributed by atoms with Gasteiger partial charge in [-0.3, -0.25) is 4.79 Å². The Morgan fingerprint density at radius 1 is 1.08 bits per heavy atom. The Morgan fingerprint density at radius 2 is 1.72 bits per heavy atom. The SMILES string of the molecule is CCC(C)(C)c1ccc(OCC(=O)Nc2ccccc2C(=O)O)cc1. The summed E-state index contributed by atoms with van der Waals surface area (Å²) in [6.45, 7) is 6.31. The van der Waals surface area contributed by atoms with Crippen LogP contribution in [0.25, 0.3) is 0 Å². The van der Waals surface area contributed by atoms with Gasteiger partial charge in [-0.1, -0.05) is 45.0 Å². The molecule has 0 aliphatic heterocycles. The zero-order valence-corrected chi connectivity index (χ0v) is 14.7. The fourth-order valence-electron chi connectivity index (χ4n) is 2.32. The summed E-state index contributed by atoms with van der Waals surface area (Å²) in [5.74, 6) is -0.907. The second kappa shape index (κ2) is 7.83. The Labute approximate surface area is 147 Å². The number of aromatic carboxylic acids is 1. The highest BCUT2D eigenvalue weighted by Crippen LogP contribution is 2.28. The van der Waals surface area contributed by atoms with Gasteiger partial charge in [-0.05, 0) is 41.7 Å². The van der Waals surface area contributed by atoms with E-state index in [2.05, 4.69) is 26.1 Å². The first-order chi connectivity index (χ1) is 11.8. The maximum Gasteiger partial charge on any atom is 0.337 e. The monoisotopic (exact) mass is 341 g/mol. The number of hydrogen-bond donors (Lipinski definition) is 2. The molecule has 0 aromatic heterocycles. The third-order valence-electron chi connectivity index (χ3n) is 4.32. The molecule has 0 atom stereocenters. The van der Waals surface area contributed by atoms with Gasteiger partial charge in [0.25, 0.3) is 5.91 Å². The minimum Gasteiger partial charge on any atom is -0.484 e. The fraction of sp³-hybridized carbons (Fsp3) is 0.300. The molecule has 2 N–H and O–H groups in total. The predicted molar refractivity (Wildman–Crippen MR) is 97.3 cm³/mol. The minimum absolute atomic E-state index is 0.0435. The van der Waals surface area contributed by atoms with Crippen LogP contribution in [0, 0.1) is 0 Å². The topological polar surface area (TPSA) is 75.6 Å². The zero-order chi connectivity index (χ0) is 18.4. The highest BCUT2D eigenvalue weighted by molar-refractivity contribution is 6.00. The number of carbonyl (C=O) groups is 2. The van der Waals surface area contributed by atoms with Crippen molar-refractivity contribution in [3.8, 4) is 5.75 Å². The molecule has 0 aliphatic rings. The Balaban J connectivity index is 1.96. The van der Waals surface area contributed by atoms with Crippen molar-refractivity contribution in [1.29, 1.82) is 0 Å². The third kappa shape index (κ3) is 4.83. The first kappa shape index (κ1) is 18.5. The number of hydrogen-bond acceptors (Lipinski definition) is 3. The van der Waals surface area contributed by atoms with Crippen LogP contribution in [0.1, 0.15) is 43.1 Å². The number of para-hydroxylation sites is 1. The van der Waals surface area contributed by atoms with Gasteiger partial charge < -0.3 is 15.2 Å². The lowest BCUT2D eigenvalue weighted by Crippen LogP contribution is -2.21. The number of carbonyl (C=O) groups excluding carboxylic acids is 1. The van der Waals surface area contributed by atoms with E-state index in [1.807, 2.05) is 24.3 Å². The molecule has 0 saturated carbocycles. The second-order valence-electron chi connectivity index (χ2n) is 6.45. The van der Waals surface area contributed by atoms with Crippen LogP contribution in [0.4, 0.5) is 5.69 Å². The lowest BCUT2D eigenvalue weighted by molar-refractivity contribution is -0.118. The highest BCUT2D eigenvalue weighted by Gasteiger charge is 2.17. The number of rotatable bonds is 7. The van der Waals surface area contributed by atoms with Gasteiger partial charge in [-0.2, -0.15) is 0 Å². The summed E-state index contributed by atoms with van der Waals surface area (Å²) in [5.41, 5.74) is 1.60. The van der Waals surface area contributed by atoms with Gasteiger partial charge >= 0.3 is 5.97 Å². The molecule has 0 fully saturated rings. The molecule has 0 spiro atoms. The largest absolute Gasteiger partial charge is 0.484 e. The summed E-state index contributed by atoms with van der Waals surface area (Å²) < 4.78 is 5.48. The number of anilines is 1.